The van der Waals surface area contributed by atoms with Gasteiger partial charge in [0.05, 0.1) is 0 Å². The molecule has 0 saturated carbocycles. The molecule has 1 aromatic carbocycles. The second-order valence-corrected chi connectivity index (χ2v) is 3.66. The molecule has 84 valence electrons. The molecule has 0 atom stereocenters. The number of hydrogen-bond donors (Lipinski definition) is 0. The Morgan fingerprint density at radius 1 is 0.933 bits per heavy atom. The lowest BCUT2D eigenvalue weighted by Gasteiger charge is -2.04. The first-order valence-electron chi connectivity index (χ1n) is 5.28. The molecule has 0 aliphatic rings. The summed E-state index contributed by atoms with van der Waals surface area (Å²) >= 11 is 0. The Bertz CT molecular complexity index is 298. The van der Waals surface area contributed by atoms with Gasteiger partial charge in [-0.2, -0.15) is 0 Å². The van der Waals surface area contributed by atoms with Crippen LogP contribution in [0.2, 0.25) is 0 Å². The van der Waals surface area contributed by atoms with E-state index in [4.69, 9.17) is 0 Å². The van der Waals surface area contributed by atoms with Gasteiger partial charge >= 0.3 is 0 Å². The van der Waals surface area contributed by atoms with Crippen molar-refractivity contribution in [3.05, 3.63) is 35.1 Å². The average Bonchev–Trinajstić information content (AvgIpc) is 2.15. The van der Waals surface area contributed by atoms with E-state index in [1.54, 1.807) is 0 Å². The zero-order valence-electron chi connectivity index (χ0n) is 8.82. The second-order valence-electron chi connectivity index (χ2n) is 3.66. The molecule has 0 nitrogen and oxygen atoms in total. The van der Waals surface area contributed by atoms with E-state index in [1.165, 1.54) is 0 Å². The largest absolute Gasteiger partial charge is 0.207 e. The zero-order chi connectivity index (χ0) is 11.3. The molecular weight excluding hydrogens is 201 g/mol. The van der Waals surface area contributed by atoms with E-state index >= 15 is 0 Å². The summed E-state index contributed by atoms with van der Waals surface area (Å²) in [6, 6.07) is 1.47. The highest BCUT2D eigenvalue weighted by atomic mass is 19.1. The third-order valence-corrected chi connectivity index (χ3v) is 2.39. The molecule has 1 rings (SSSR count). The number of hydrogen-bond acceptors (Lipinski definition) is 0. The van der Waals surface area contributed by atoms with Crippen molar-refractivity contribution in [1.29, 1.82) is 0 Å². The second kappa shape index (κ2) is 5.79. The van der Waals surface area contributed by atoms with Gasteiger partial charge in [-0.25, -0.2) is 13.2 Å². The third kappa shape index (κ3) is 3.57. The fourth-order valence-corrected chi connectivity index (χ4v) is 1.54. The first-order chi connectivity index (χ1) is 7.15. The van der Waals surface area contributed by atoms with Gasteiger partial charge in [-0.3, -0.25) is 0 Å². The summed E-state index contributed by atoms with van der Waals surface area (Å²) in [6.07, 6.45) is 4.18. The number of benzene rings is 1. The minimum Gasteiger partial charge on any atom is -0.207 e. The summed E-state index contributed by atoms with van der Waals surface area (Å²) in [6.45, 7) is 2.07. The van der Waals surface area contributed by atoms with Gasteiger partial charge in [0, 0.05) is 17.7 Å². The van der Waals surface area contributed by atoms with E-state index in [9.17, 15) is 13.2 Å². The first-order valence-corrected chi connectivity index (χ1v) is 5.28. The maximum absolute atomic E-state index is 13.1. The van der Waals surface area contributed by atoms with Crippen LogP contribution >= 0.6 is 0 Å². The zero-order valence-corrected chi connectivity index (χ0v) is 8.82. The van der Waals surface area contributed by atoms with Gasteiger partial charge in [0.15, 0.2) is 0 Å². The molecule has 0 bridgehead atoms. The molecule has 3 heteroatoms. The Morgan fingerprint density at radius 3 is 2.07 bits per heavy atom. The molecule has 0 fully saturated rings. The van der Waals surface area contributed by atoms with Gasteiger partial charge in [0.25, 0.3) is 0 Å². The lowest BCUT2D eigenvalue weighted by Crippen LogP contribution is -1.97. The van der Waals surface area contributed by atoms with Gasteiger partial charge < -0.3 is 0 Å². The van der Waals surface area contributed by atoms with E-state index < -0.39 is 17.5 Å². The summed E-state index contributed by atoms with van der Waals surface area (Å²) < 4.78 is 38.9. The molecule has 0 aliphatic carbocycles. The van der Waals surface area contributed by atoms with Gasteiger partial charge in [-0.1, -0.05) is 26.2 Å². The summed E-state index contributed by atoms with van der Waals surface area (Å²) in [5.74, 6) is -2.41. The van der Waals surface area contributed by atoms with Crippen molar-refractivity contribution in [3.8, 4) is 0 Å². The Morgan fingerprint density at radius 2 is 1.53 bits per heavy atom. The van der Waals surface area contributed by atoms with Crippen LogP contribution in [-0.4, -0.2) is 0 Å². The van der Waals surface area contributed by atoms with Crippen molar-refractivity contribution in [3.63, 3.8) is 0 Å². The SMILES string of the molecule is CCCCCCc1c(F)cc(F)cc1F. The topological polar surface area (TPSA) is 0 Å². The summed E-state index contributed by atoms with van der Waals surface area (Å²) in [4.78, 5) is 0. The Kier molecular flexibility index (Phi) is 4.66. The van der Waals surface area contributed by atoms with Crippen LogP contribution < -0.4 is 0 Å². The van der Waals surface area contributed by atoms with Crippen molar-refractivity contribution in [2.24, 2.45) is 0 Å². The van der Waals surface area contributed by atoms with E-state index in [2.05, 4.69) is 6.92 Å². The van der Waals surface area contributed by atoms with Crippen LogP contribution in [0.15, 0.2) is 12.1 Å². The molecule has 0 amide bonds. The lowest BCUT2D eigenvalue weighted by atomic mass is 10.1. The van der Waals surface area contributed by atoms with Gasteiger partial charge in [-0.15, -0.1) is 0 Å². The van der Waals surface area contributed by atoms with Crippen molar-refractivity contribution >= 4 is 0 Å². The fourth-order valence-electron chi connectivity index (χ4n) is 1.54. The normalized spacial score (nSPS) is 10.7. The smallest absolute Gasteiger partial charge is 0.132 e. The van der Waals surface area contributed by atoms with E-state index in [-0.39, 0.29) is 5.56 Å². The summed E-state index contributed by atoms with van der Waals surface area (Å²) in [5, 5.41) is 0. The predicted molar refractivity (Wildman–Crippen MR) is 54.2 cm³/mol. The van der Waals surface area contributed by atoms with E-state index in [0.29, 0.717) is 6.42 Å². The molecule has 15 heavy (non-hydrogen) atoms. The van der Waals surface area contributed by atoms with Gasteiger partial charge in [-0.05, 0) is 12.8 Å². The Labute approximate surface area is 88.1 Å². The molecule has 0 aromatic heterocycles. The van der Waals surface area contributed by atoms with Crippen LogP contribution in [0, 0.1) is 17.5 Å². The molecule has 1 aromatic rings. The first kappa shape index (κ1) is 12.1. The maximum Gasteiger partial charge on any atom is 0.132 e. The molecule has 0 aliphatic heterocycles. The van der Waals surface area contributed by atoms with Crippen molar-refractivity contribution < 1.29 is 13.2 Å². The Balaban J connectivity index is 2.60. The molecule has 0 saturated heterocycles. The predicted octanol–water partition coefficient (Wildman–Crippen LogP) is 4.23. The summed E-state index contributed by atoms with van der Waals surface area (Å²) in [5.41, 5.74) is 0.00695. The molecule has 0 spiro atoms. The molecule has 0 heterocycles. The minimum absolute atomic E-state index is 0.00695. The fraction of sp³-hybridized carbons (Fsp3) is 0.500. The van der Waals surface area contributed by atoms with Crippen molar-refractivity contribution in [1.82, 2.24) is 0 Å². The van der Waals surface area contributed by atoms with Gasteiger partial charge in [0.1, 0.15) is 17.5 Å². The van der Waals surface area contributed by atoms with Crippen LogP contribution in [0.5, 0.6) is 0 Å². The standard InChI is InChI=1S/C12H15F3/c1-2-3-4-5-6-10-11(14)7-9(13)8-12(10)15/h7-8H,2-6H2,1H3. The van der Waals surface area contributed by atoms with Gasteiger partial charge in [0.2, 0.25) is 0 Å². The molecule has 0 N–H and O–H groups in total. The highest BCUT2D eigenvalue weighted by molar-refractivity contribution is 5.20. The van der Waals surface area contributed by atoms with E-state index in [1.807, 2.05) is 0 Å². The number of rotatable bonds is 5. The van der Waals surface area contributed by atoms with Crippen LogP contribution in [-0.2, 0) is 6.42 Å². The quantitative estimate of drug-likeness (QED) is 0.646. The van der Waals surface area contributed by atoms with Crippen molar-refractivity contribution in [2.45, 2.75) is 39.0 Å². The number of unbranched alkanes of at least 4 members (excludes halogenated alkanes) is 3. The minimum atomic E-state index is -0.859. The molecule has 0 radical (unpaired) electrons. The third-order valence-electron chi connectivity index (χ3n) is 2.39. The molecule has 0 unspecified atom stereocenters. The lowest BCUT2D eigenvalue weighted by molar-refractivity contribution is 0.516. The van der Waals surface area contributed by atoms with Crippen molar-refractivity contribution in [2.75, 3.05) is 0 Å². The highest BCUT2D eigenvalue weighted by Gasteiger charge is 2.10. The summed E-state index contributed by atoms with van der Waals surface area (Å²) in [7, 11) is 0. The van der Waals surface area contributed by atoms with E-state index in [0.717, 1.165) is 37.8 Å². The molecular formula is C12H15F3. The average molecular weight is 216 g/mol. The monoisotopic (exact) mass is 216 g/mol. The van der Waals surface area contributed by atoms with Crippen LogP contribution in [0.4, 0.5) is 13.2 Å². The van der Waals surface area contributed by atoms with Crippen LogP contribution in [0.25, 0.3) is 0 Å². The van der Waals surface area contributed by atoms with Crippen LogP contribution in [0.3, 0.4) is 0 Å². The highest BCUT2D eigenvalue weighted by Crippen LogP contribution is 2.17. The number of halogens is 3. The maximum atomic E-state index is 13.1. The van der Waals surface area contributed by atoms with Crippen LogP contribution in [0.1, 0.15) is 38.2 Å². The Hall–Kier alpha value is -0.990.